The molecule has 0 spiro atoms. The van der Waals surface area contributed by atoms with Crippen molar-refractivity contribution in [2.75, 3.05) is 6.54 Å². The first-order chi connectivity index (χ1) is 9.65. The number of carbonyl (C=O) groups is 1. The van der Waals surface area contributed by atoms with E-state index in [2.05, 4.69) is 4.98 Å². The number of aryl methyl sites for hydroxylation is 1. The predicted octanol–water partition coefficient (Wildman–Crippen LogP) is 2.66. The zero-order valence-electron chi connectivity index (χ0n) is 12.0. The molecule has 0 amide bonds. The lowest BCUT2D eigenvalue weighted by atomic mass is 9.52. The third-order valence-electron chi connectivity index (χ3n) is 5.76. The molecule has 1 aromatic rings. The van der Waals surface area contributed by atoms with Crippen molar-refractivity contribution in [3.8, 4) is 0 Å². The predicted molar refractivity (Wildman–Crippen MR) is 74.4 cm³/mol. The number of oxazole rings is 1. The third-order valence-corrected chi connectivity index (χ3v) is 5.76. The molecular weight excluding hydrogens is 252 g/mol. The summed E-state index contributed by atoms with van der Waals surface area (Å²) in [5.74, 6) is 4.84. The standard InChI is InChI=1S/C16H22N2O2/c1-8-15(13(19)7-17)20-16(18-8)14-11-3-9-2-10(5-11)6-12(14)4-9/h9-12,14H,2-7,17H2,1H3. The molecule has 4 nitrogen and oxygen atoms in total. The SMILES string of the molecule is Cc1nc(C2C3CC4CC(C3)CC2C4)oc1C(=O)CN. The molecule has 1 aromatic heterocycles. The number of rotatable bonds is 3. The van der Waals surface area contributed by atoms with Gasteiger partial charge < -0.3 is 10.2 Å². The Balaban J connectivity index is 1.66. The fraction of sp³-hybridized carbons (Fsp3) is 0.750. The highest BCUT2D eigenvalue weighted by molar-refractivity contribution is 5.95. The summed E-state index contributed by atoms with van der Waals surface area (Å²) >= 11 is 0. The summed E-state index contributed by atoms with van der Waals surface area (Å²) in [7, 11) is 0. The van der Waals surface area contributed by atoms with Gasteiger partial charge in [0.25, 0.3) is 0 Å². The molecule has 0 aliphatic heterocycles. The van der Waals surface area contributed by atoms with E-state index >= 15 is 0 Å². The van der Waals surface area contributed by atoms with E-state index in [0.717, 1.165) is 29.6 Å². The fourth-order valence-electron chi connectivity index (χ4n) is 5.24. The van der Waals surface area contributed by atoms with E-state index < -0.39 is 0 Å². The Hall–Kier alpha value is -1.16. The molecule has 4 saturated carbocycles. The van der Waals surface area contributed by atoms with Gasteiger partial charge in [-0.25, -0.2) is 4.98 Å². The molecule has 0 aromatic carbocycles. The molecule has 4 aliphatic carbocycles. The van der Waals surface area contributed by atoms with Crippen LogP contribution in [0.3, 0.4) is 0 Å². The number of carbonyl (C=O) groups excluding carboxylic acids is 1. The molecule has 0 unspecified atom stereocenters. The van der Waals surface area contributed by atoms with Crippen molar-refractivity contribution in [1.29, 1.82) is 0 Å². The van der Waals surface area contributed by atoms with Crippen LogP contribution in [0.1, 0.15) is 60.2 Å². The minimum absolute atomic E-state index is 0.00283. The van der Waals surface area contributed by atoms with Gasteiger partial charge in [-0.2, -0.15) is 0 Å². The van der Waals surface area contributed by atoms with Crippen LogP contribution in [0.2, 0.25) is 0 Å². The van der Waals surface area contributed by atoms with E-state index in [1.807, 2.05) is 6.92 Å². The first kappa shape index (κ1) is 12.6. The Kier molecular flexibility index (Phi) is 2.78. The first-order valence-electron chi connectivity index (χ1n) is 7.86. The smallest absolute Gasteiger partial charge is 0.213 e. The quantitative estimate of drug-likeness (QED) is 0.860. The van der Waals surface area contributed by atoms with Crippen molar-refractivity contribution in [2.45, 2.75) is 44.9 Å². The van der Waals surface area contributed by atoms with Gasteiger partial charge in [-0.15, -0.1) is 0 Å². The van der Waals surface area contributed by atoms with Crippen LogP contribution in [0.15, 0.2) is 4.42 Å². The summed E-state index contributed by atoms with van der Waals surface area (Å²) < 4.78 is 5.85. The zero-order valence-corrected chi connectivity index (χ0v) is 12.0. The molecule has 2 N–H and O–H groups in total. The lowest BCUT2D eigenvalue weighted by Gasteiger charge is -2.53. The molecular formula is C16H22N2O2. The Labute approximate surface area is 119 Å². The first-order valence-corrected chi connectivity index (χ1v) is 7.86. The molecule has 0 saturated heterocycles. The van der Waals surface area contributed by atoms with Crippen LogP contribution >= 0.6 is 0 Å². The van der Waals surface area contributed by atoms with Gasteiger partial charge in [-0.3, -0.25) is 4.79 Å². The van der Waals surface area contributed by atoms with Gasteiger partial charge in [0.2, 0.25) is 5.78 Å². The van der Waals surface area contributed by atoms with Crippen molar-refractivity contribution >= 4 is 5.78 Å². The lowest BCUT2D eigenvalue weighted by molar-refractivity contribution is -0.0117. The molecule has 20 heavy (non-hydrogen) atoms. The molecule has 4 heteroatoms. The number of nitrogens with two attached hydrogens (primary N) is 1. The number of ketones is 1. The average Bonchev–Trinajstić information content (AvgIpc) is 2.78. The van der Waals surface area contributed by atoms with E-state index in [4.69, 9.17) is 10.2 Å². The summed E-state index contributed by atoms with van der Waals surface area (Å²) in [5.41, 5.74) is 6.15. The van der Waals surface area contributed by atoms with Crippen LogP contribution in [0, 0.1) is 30.6 Å². The summed E-state index contributed by atoms with van der Waals surface area (Å²) in [4.78, 5) is 16.4. The van der Waals surface area contributed by atoms with Crippen LogP contribution in [0.4, 0.5) is 0 Å². The molecule has 4 aliphatic rings. The van der Waals surface area contributed by atoms with Crippen molar-refractivity contribution in [3.05, 3.63) is 17.3 Å². The Bertz CT molecular complexity index is 521. The van der Waals surface area contributed by atoms with Gasteiger partial charge in [0.15, 0.2) is 11.7 Å². The van der Waals surface area contributed by atoms with Crippen molar-refractivity contribution < 1.29 is 9.21 Å². The molecule has 108 valence electrons. The van der Waals surface area contributed by atoms with E-state index in [1.165, 1.54) is 32.1 Å². The van der Waals surface area contributed by atoms with E-state index in [-0.39, 0.29) is 12.3 Å². The average molecular weight is 274 g/mol. The molecule has 1 heterocycles. The molecule has 4 bridgehead atoms. The minimum Gasteiger partial charge on any atom is -0.437 e. The van der Waals surface area contributed by atoms with Gasteiger partial charge in [-0.05, 0) is 62.7 Å². The number of nitrogens with zero attached hydrogens (tertiary/aromatic N) is 1. The Morgan fingerprint density at radius 2 is 1.80 bits per heavy atom. The van der Waals surface area contributed by atoms with Crippen LogP contribution < -0.4 is 5.73 Å². The van der Waals surface area contributed by atoms with E-state index in [9.17, 15) is 4.79 Å². The van der Waals surface area contributed by atoms with Gasteiger partial charge in [-0.1, -0.05) is 0 Å². The zero-order chi connectivity index (χ0) is 13.9. The monoisotopic (exact) mass is 274 g/mol. The second-order valence-corrected chi connectivity index (χ2v) is 7.05. The molecule has 5 rings (SSSR count). The van der Waals surface area contributed by atoms with Crippen LogP contribution in [-0.4, -0.2) is 17.3 Å². The highest BCUT2D eigenvalue weighted by Crippen LogP contribution is 2.59. The molecule has 0 radical (unpaired) electrons. The van der Waals surface area contributed by atoms with Gasteiger partial charge >= 0.3 is 0 Å². The number of hydrogen-bond acceptors (Lipinski definition) is 4. The fourth-order valence-corrected chi connectivity index (χ4v) is 5.24. The van der Waals surface area contributed by atoms with E-state index in [0.29, 0.717) is 17.4 Å². The maximum absolute atomic E-state index is 11.8. The lowest BCUT2D eigenvalue weighted by Crippen LogP contribution is -2.43. The summed E-state index contributed by atoms with van der Waals surface area (Å²) in [6, 6.07) is 0. The van der Waals surface area contributed by atoms with Crippen LogP contribution in [0.25, 0.3) is 0 Å². The normalized spacial score (nSPS) is 38.4. The number of hydrogen-bond donors (Lipinski definition) is 1. The molecule has 4 fully saturated rings. The maximum atomic E-state index is 11.8. The highest BCUT2D eigenvalue weighted by Gasteiger charge is 2.50. The topological polar surface area (TPSA) is 69.1 Å². The van der Waals surface area contributed by atoms with Gasteiger partial charge in [0, 0.05) is 5.92 Å². The van der Waals surface area contributed by atoms with E-state index in [1.54, 1.807) is 0 Å². The third kappa shape index (κ3) is 1.77. The Morgan fingerprint density at radius 3 is 2.35 bits per heavy atom. The Morgan fingerprint density at radius 1 is 1.20 bits per heavy atom. The second-order valence-electron chi connectivity index (χ2n) is 7.05. The van der Waals surface area contributed by atoms with Crippen molar-refractivity contribution in [3.63, 3.8) is 0 Å². The van der Waals surface area contributed by atoms with Gasteiger partial charge in [0.1, 0.15) is 0 Å². The maximum Gasteiger partial charge on any atom is 0.213 e. The van der Waals surface area contributed by atoms with Crippen molar-refractivity contribution in [1.82, 2.24) is 4.98 Å². The van der Waals surface area contributed by atoms with Crippen LogP contribution in [0.5, 0.6) is 0 Å². The number of Topliss-reactive ketones (excluding diaryl/α,β-unsaturated/α-hetero) is 1. The summed E-state index contributed by atoms with van der Waals surface area (Å²) in [5, 5.41) is 0. The van der Waals surface area contributed by atoms with Gasteiger partial charge in [0.05, 0.1) is 12.2 Å². The summed E-state index contributed by atoms with van der Waals surface area (Å²) in [6.45, 7) is 1.85. The van der Waals surface area contributed by atoms with Crippen molar-refractivity contribution in [2.24, 2.45) is 29.4 Å². The summed E-state index contributed by atoms with van der Waals surface area (Å²) in [6.07, 6.45) is 6.78. The number of aromatic nitrogens is 1. The second kappa shape index (κ2) is 4.42. The minimum atomic E-state index is -0.134. The largest absolute Gasteiger partial charge is 0.437 e. The van der Waals surface area contributed by atoms with Crippen LogP contribution in [-0.2, 0) is 0 Å². The highest BCUT2D eigenvalue weighted by atomic mass is 16.4. The molecule has 0 atom stereocenters.